The second-order valence-electron chi connectivity index (χ2n) is 6.45. The summed E-state index contributed by atoms with van der Waals surface area (Å²) in [5.41, 5.74) is 2.13. The molecule has 0 heterocycles. The molecule has 0 aromatic heterocycles. The highest BCUT2D eigenvalue weighted by Gasteiger charge is 2.19. The quantitative estimate of drug-likeness (QED) is 0.465. The molecule has 0 spiro atoms. The van der Waals surface area contributed by atoms with Gasteiger partial charge in [0.1, 0.15) is 5.82 Å². The summed E-state index contributed by atoms with van der Waals surface area (Å²) in [6.07, 6.45) is 0.189. The summed E-state index contributed by atoms with van der Waals surface area (Å²) in [6, 6.07) is 18.1. The average Bonchev–Trinajstić information content (AvgIpc) is 2.74. The Bertz CT molecular complexity index is 974. The fourth-order valence-corrected chi connectivity index (χ4v) is 3.13. The number of anilines is 1. The van der Waals surface area contributed by atoms with Gasteiger partial charge in [-0.05, 0) is 60.2 Å². The zero-order chi connectivity index (χ0) is 20.8. The van der Waals surface area contributed by atoms with Crippen LogP contribution in [-0.2, 0) is 0 Å². The zero-order valence-electron chi connectivity index (χ0n) is 16.1. The second-order valence-corrected chi connectivity index (χ2v) is 6.89. The number of carbonyl (C=O) groups is 1. The molecule has 0 aliphatic rings. The van der Waals surface area contributed by atoms with Crippen molar-refractivity contribution in [3.05, 3.63) is 88.7 Å². The van der Waals surface area contributed by atoms with E-state index in [1.165, 1.54) is 19.2 Å². The van der Waals surface area contributed by atoms with Crippen molar-refractivity contribution in [2.24, 2.45) is 0 Å². The number of hydrogen-bond donors (Lipinski definition) is 1. The molecule has 0 saturated heterocycles. The van der Waals surface area contributed by atoms with Crippen LogP contribution in [0, 0.1) is 5.82 Å². The lowest BCUT2D eigenvalue weighted by molar-refractivity contribution is 0.0976. The molecule has 3 aromatic carbocycles. The van der Waals surface area contributed by atoms with Crippen LogP contribution in [-0.4, -0.2) is 20.0 Å². The standard InChI is InChI=1S/C23H21ClFNO3/c1-28-22-12-5-16(13-23(22)29-2)21(27)14-20(15-3-6-17(24)7-4-15)26-19-10-8-18(25)9-11-19/h3-13,20,26H,14H2,1-2H3. The van der Waals surface area contributed by atoms with Crippen molar-refractivity contribution in [2.75, 3.05) is 19.5 Å². The molecule has 3 aromatic rings. The fourth-order valence-electron chi connectivity index (χ4n) is 3.01. The fraction of sp³-hybridized carbons (Fsp3) is 0.174. The maximum atomic E-state index is 13.2. The van der Waals surface area contributed by atoms with Gasteiger partial charge in [-0.15, -0.1) is 0 Å². The van der Waals surface area contributed by atoms with Gasteiger partial charge in [-0.3, -0.25) is 4.79 Å². The maximum Gasteiger partial charge on any atom is 0.165 e. The van der Waals surface area contributed by atoms with E-state index in [-0.39, 0.29) is 24.1 Å². The highest BCUT2D eigenvalue weighted by molar-refractivity contribution is 6.30. The van der Waals surface area contributed by atoms with E-state index in [2.05, 4.69) is 5.32 Å². The molecule has 29 heavy (non-hydrogen) atoms. The van der Waals surface area contributed by atoms with Crippen LogP contribution in [0.1, 0.15) is 28.4 Å². The van der Waals surface area contributed by atoms with Crippen LogP contribution in [0.15, 0.2) is 66.7 Å². The number of halogens is 2. The first-order chi connectivity index (χ1) is 14.0. The Balaban J connectivity index is 1.86. The van der Waals surface area contributed by atoms with Gasteiger partial charge in [-0.1, -0.05) is 23.7 Å². The highest BCUT2D eigenvalue weighted by Crippen LogP contribution is 2.30. The summed E-state index contributed by atoms with van der Waals surface area (Å²) in [4.78, 5) is 13.0. The van der Waals surface area contributed by atoms with Crippen LogP contribution in [0.2, 0.25) is 5.02 Å². The predicted octanol–water partition coefficient (Wildman–Crippen LogP) is 5.92. The van der Waals surface area contributed by atoms with Crippen LogP contribution in [0.4, 0.5) is 10.1 Å². The average molecular weight is 414 g/mol. The molecule has 1 unspecified atom stereocenters. The van der Waals surface area contributed by atoms with Crippen LogP contribution < -0.4 is 14.8 Å². The summed E-state index contributed by atoms with van der Waals surface area (Å²) >= 11 is 6.00. The summed E-state index contributed by atoms with van der Waals surface area (Å²) in [5.74, 6) is 0.663. The molecule has 0 aliphatic carbocycles. The van der Waals surface area contributed by atoms with Crippen molar-refractivity contribution in [1.82, 2.24) is 0 Å². The van der Waals surface area contributed by atoms with Gasteiger partial charge in [0, 0.05) is 22.7 Å². The Hall–Kier alpha value is -3.05. The van der Waals surface area contributed by atoms with E-state index in [1.54, 1.807) is 49.6 Å². The van der Waals surface area contributed by atoms with Gasteiger partial charge in [0.05, 0.1) is 20.3 Å². The van der Waals surface area contributed by atoms with Crippen LogP contribution >= 0.6 is 11.6 Å². The lowest BCUT2D eigenvalue weighted by Crippen LogP contribution is -2.16. The molecule has 0 bridgehead atoms. The lowest BCUT2D eigenvalue weighted by Gasteiger charge is -2.20. The Labute approximate surface area is 174 Å². The molecule has 1 atom stereocenters. The summed E-state index contributed by atoms with van der Waals surface area (Å²) in [7, 11) is 3.07. The first-order valence-corrected chi connectivity index (χ1v) is 9.40. The normalized spacial score (nSPS) is 11.6. The summed E-state index contributed by atoms with van der Waals surface area (Å²) < 4.78 is 23.8. The number of nitrogens with one attached hydrogen (secondary N) is 1. The van der Waals surface area contributed by atoms with E-state index >= 15 is 0 Å². The van der Waals surface area contributed by atoms with E-state index in [9.17, 15) is 9.18 Å². The molecule has 0 fully saturated rings. The van der Waals surface area contributed by atoms with Gasteiger partial charge in [0.25, 0.3) is 0 Å². The van der Waals surface area contributed by atoms with Gasteiger partial charge >= 0.3 is 0 Å². The largest absolute Gasteiger partial charge is 0.493 e. The number of benzene rings is 3. The smallest absolute Gasteiger partial charge is 0.165 e. The number of ketones is 1. The van der Waals surface area contributed by atoms with Crippen molar-refractivity contribution < 1.29 is 18.7 Å². The molecular formula is C23H21ClFNO3. The molecule has 0 amide bonds. The van der Waals surface area contributed by atoms with Crippen LogP contribution in [0.5, 0.6) is 11.5 Å². The van der Waals surface area contributed by atoms with Crippen molar-refractivity contribution >= 4 is 23.1 Å². The lowest BCUT2D eigenvalue weighted by atomic mass is 9.97. The minimum atomic E-state index is -0.321. The number of rotatable bonds is 8. The molecule has 0 aliphatic heterocycles. The maximum absolute atomic E-state index is 13.2. The zero-order valence-corrected chi connectivity index (χ0v) is 16.9. The number of methoxy groups -OCH3 is 2. The minimum absolute atomic E-state index is 0.0690. The van der Waals surface area contributed by atoms with Gasteiger partial charge in [0.15, 0.2) is 17.3 Å². The third-order valence-electron chi connectivity index (χ3n) is 4.55. The number of hydrogen-bond acceptors (Lipinski definition) is 4. The Morgan fingerprint density at radius 2 is 1.62 bits per heavy atom. The third-order valence-corrected chi connectivity index (χ3v) is 4.80. The molecular weight excluding hydrogens is 393 g/mol. The molecule has 0 saturated carbocycles. The molecule has 150 valence electrons. The van der Waals surface area contributed by atoms with E-state index in [0.29, 0.717) is 27.8 Å². The Morgan fingerprint density at radius 1 is 0.966 bits per heavy atom. The Morgan fingerprint density at radius 3 is 2.24 bits per heavy atom. The molecule has 4 nitrogen and oxygen atoms in total. The van der Waals surface area contributed by atoms with Gasteiger partial charge in [-0.25, -0.2) is 4.39 Å². The monoisotopic (exact) mass is 413 g/mol. The van der Waals surface area contributed by atoms with E-state index < -0.39 is 0 Å². The van der Waals surface area contributed by atoms with Gasteiger partial charge < -0.3 is 14.8 Å². The first-order valence-electron chi connectivity index (χ1n) is 9.03. The summed E-state index contributed by atoms with van der Waals surface area (Å²) in [5, 5.41) is 3.92. The Kier molecular flexibility index (Phi) is 6.73. The number of ether oxygens (including phenoxy) is 2. The van der Waals surface area contributed by atoms with E-state index in [1.807, 2.05) is 12.1 Å². The SMILES string of the molecule is COc1ccc(C(=O)CC(Nc2ccc(F)cc2)c2ccc(Cl)cc2)cc1OC. The highest BCUT2D eigenvalue weighted by atomic mass is 35.5. The van der Waals surface area contributed by atoms with E-state index in [4.69, 9.17) is 21.1 Å². The van der Waals surface area contributed by atoms with Gasteiger partial charge in [0.2, 0.25) is 0 Å². The molecule has 3 rings (SSSR count). The third kappa shape index (κ3) is 5.27. The van der Waals surface area contributed by atoms with Crippen molar-refractivity contribution in [3.63, 3.8) is 0 Å². The summed E-state index contributed by atoms with van der Waals surface area (Å²) in [6.45, 7) is 0. The van der Waals surface area contributed by atoms with Crippen molar-refractivity contribution in [2.45, 2.75) is 12.5 Å². The van der Waals surface area contributed by atoms with Crippen LogP contribution in [0.25, 0.3) is 0 Å². The van der Waals surface area contributed by atoms with Crippen molar-refractivity contribution in [1.29, 1.82) is 0 Å². The van der Waals surface area contributed by atoms with Crippen LogP contribution in [0.3, 0.4) is 0 Å². The topological polar surface area (TPSA) is 47.6 Å². The first kappa shape index (κ1) is 20.7. The van der Waals surface area contributed by atoms with E-state index in [0.717, 1.165) is 5.56 Å². The van der Waals surface area contributed by atoms with Crippen molar-refractivity contribution in [3.8, 4) is 11.5 Å². The molecule has 6 heteroatoms. The van der Waals surface area contributed by atoms with Gasteiger partial charge in [-0.2, -0.15) is 0 Å². The predicted molar refractivity (Wildman–Crippen MR) is 113 cm³/mol. The number of Topliss-reactive ketones (excluding diaryl/α,β-unsaturated/α-hetero) is 1. The second kappa shape index (κ2) is 9.43. The molecule has 0 radical (unpaired) electrons. The minimum Gasteiger partial charge on any atom is -0.493 e. The number of carbonyl (C=O) groups excluding carboxylic acids is 1. The molecule has 1 N–H and O–H groups in total.